The molecule has 0 bridgehead atoms. The van der Waals surface area contributed by atoms with E-state index in [-0.39, 0.29) is 17.4 Å². The minimum Gasteiger partial charge on any atom is -0.506 e. The summed E-state index contributed by atoms with van der Waals surface area (Å²) < 4.78 is 6.80. The highest BCUT2D eigenvalue weighted by Gasteiger charge is 2.29. The van der Waals surface area contributed by atoms with Crippen molar-refractivity contribution in [1.29, 1.82) is 0 Å². The molecule has 0 saturated heterocycles. The van der Waals surface area contributed by atoms with Crippen LogP contribution in [0.4, 0.5) is 5.69 Å². The third-order valence-corrected chi connectivity index (χ3v) is 5.11. The van der Waals surface area contributed by atoms with Gasteiger partial charge in [0.05, 0.1) is 18.3 Å². The second kappa shape index (κ2) is 6.32. The summed E-state index contributed by atoms with van der Waals surface area (Å²) in [6.45, 7) is 1.92. The fourth-order valence-corrected chi connectivity index (χ4v) is 3.86. The Morgan fingerprint density at radius 3 is 2.85 bits per heavy atom. The fourth-order valence-electron chi connectivity index (χ4n) is 3.69. The molecule has 2 aromatic carbocycles. The molecule has 1 unspecified atom stereocenters. The highest BCUT2D eigenvalue weighted by atomic mass is 35.5. The van der Waals surface area contributed by atoms with Crippen LogP contribution in [0.25, 0.3) is 10.9 Å². The predicted molar refractivity (Wildman–Crippen MR) is 104 cm³/mol. The standard InChI is InChI=1S/C20H17ClN2O4/c1-10-8-11-4-3-5-13-17(11)23(10)20(26)16(18(13)24)19(25)22-14-9-12(21)6-7-15(14)27-2/h3-7,9-10,24H,8H2,1-2H3,(H,22,25). The normalized spacial score (nSPS) is 15.1. The van der Waals surface area contributed by atoms with E-state index >= 15 is 0 Å². The molecule has 6 nitrogen and oxygen atoms in total. The van der Waals surface area contributed by atoms with Gasteiger partial charge in [-0.05, 0) is 43.2 Å². The minimum absolute atomic E-state index is 0.0924. The van der Waals surface area contributed by atoms with Crippen LogP contribution >= 0.6 is 11.6 Å². The molecule has 0 aliphatic carbocycles. The van der Waals surface area contributed by atoms with Crippen molar-refractivity contribution in [2.75, 3.05) is 12.4 Å². The molecule has 1 aliphatic heterocycles. The van der Waals surface area contributed by atoms with Crippen LogP contribution in [0.2, 0.25) is 5.02 Å². The summed E-state index contributed by atoms with van der Waals surface area (Å²) in [5.41, 5.74) is 1.17. The summed E-state index contributed by atoms with van der Waals surface area (Å²) in [7, 11) is 1.46. The van der Waals surface area contributed by atoms with Gasteiger partial charge in [0.1, 0.15) is 17.1 Å². The quantitative estimate of drug-likeness (QED) is 0.720. The fraction of sp³-hybridized carbons (Fsp3) is 0.200. The second-order valence-electron chi connectivity index (χ2n) is 6.56. The molecule has 2 N–H and O–H groups in total. The van der Waals surface area contributed by atoms with Gasteiger partial charge in [-0.25, -0.2) is 0 Å². The predicted octanol–water partition coefficient (Wildman–Crippen LogP) is 3.74. The van der Waals surface area contributed by atoms with Gasteiger partial charge in [0, 0.05) is 16.5 Å². The number of benzene rings is 2. The van der Waals surface area contributed by atoms with Gasteiger partial charge in [0.15, 0.2) is 0 Å². The van der Waals surface area contributed by atoms with Crippen molar-refractivity contribution in [3.63, 3.8) is 0 Å². The van der Waals surface area contributed by atoms with Crippen molar-refractivity contribution in [2.24, 2.45) is 0 Å². The van der Waals surface area contributed by atoms with E-state index in [0.717, 1.165) is 5.56 Å². The van der Waals surface area contributed by atoms with Crippen molar-refractivity contribution < 1.29 is 14.6 Å². The third kappa shape index (κ3) is 2.64. The first-order valence-corrected chi connectivity index (χ1v) is 8.84. The number of ether oxygens (including phenoxy) is 1. The van der Waals surface area contributed by atoms with Gasteiger partial charge in [0.2, 0.25) is 0 Å². The zero-order chi connectivity index (χ0) is 19.3. The van der Waals surface area contributed by atoms with Crippen LogP contribution in [0.3, 0.4) is 0 Å². The Morgan fingerprint density at radius 1 is 1.33 bits per heavy atom. The number of aromatic nitrogens is 1. The zero-order valence-electron chi connectivity index (χ0n) is 14.7. The molecule has 3 aromatic rings. The number of hydrogen-bond acceptors (Lipinski definition) is 4. The van der Waals surface area contributed by atoms with Crippen LogP contribution in [0.15, 0.2) is 41.2 Å². The molecule has 0 radical (unpaired) electrons. The van der Waals surface area contributed by atoms with Gasteiger partial charge >= 0.3 is 0 Å². The number of para-hydroxylation sites is 1. The van der Waals surface area contributed by atoms with Gasteiger partial charge in [-0.1, -0.05) is 23.7 Å². The number of aromatic hydroxyl groups is 1. The molecule has 1 aromatic heterocycles. The number of methoxy groups -OCH3 is 1. The van der Waals surface area contributed by atoms with Gasteiger partial charge in [-0.15, -0.1) is 0 Å². The molecule has 0 saturated carbocycles. The molecule has 1 aliphatic rings. The molecule has 1 atom stereocenters. The smallest absolute Gasteiger partial charge is 0.268 e. The van der Waals surface area contributed by atoms with Crippen molar-refractivity contribution in [3.8, 4) is 11.5 Å². The van der Waals surface area contributed by atoms with Crippen LogP contribution in [0, 0.1) is 0 Å². The number of nitrogens with one attached hydrogen (secondary N) is 1. The highest BCUT2D eigenvalue weighted by molar-refractivity contribution is 6.31. The molecular weight excluding hydrogens is 368 g/mol. The Morgan fingerprint density at radius 2 is 2.11 bits per heavy atom. The van der Waals surface area contributed by atoms with Crippen molar-refractivity contribution in [3.05, 3.63) is 62.9 Å². The zero-order valence-corrected chi connectivity index (χ0v) is 15.5. The number of pyridine rings is 1. The topological polar surface area (TPSA) is 80.6 Å². The number of amides is 1. The molecule has 7 heteroatoms. The number of hydrogen-bond donors (Lipinski definition) is 2. The molecule has 4 rings (SSSR count). The number of anilines is 1. The van der Waals surface area contributed by atoms with E-state index < -0.39 is 11.5 Å². The molecule has 0 spiro atoms. The van der Waals surface area contributed by atoms with Gasteiger partial charge in [-0.3, -0.25) is 9.59 Å². The molecular formula is C20H17ClN2O4. The van der Waals surface area contributed by atoms with E-state index in [0.29, 0.717) is 33.8 Å². The number of carbonyl (C=O) groups is 1. The lowest BCUT2D eigenvalue weighted by molar-refractivity contribution is 0.102. The maximum absolute atomic E-state index is 13.0. The molecule has 138 valence electrons. The number of nitrogens with zero attached hydrogens (tertiary/aromatic N) is 1. The average molecular weight is 385 g/mol. The first kappa shape index (κ1) is 17.4. The lowest BCUT2D eigenvalue weighted by Crippen LogP contribution is -2.30. The molecule has 0 fully saturated rings. The summed E-state index contributed by atoms with van der Waals surface area (Å²) >= 11 is 6.00. The third-order valence-electron chi connectivity index (χ3n) is 4.88. The van der Waals surface area contributed by atoms with Crippen LogP contribution in [-0.2, 0) is 6.42 Å². The van der Waals surface area contributed by atoms with Gasteiger partial charge in [0.25, 0.3) is 11.5 Å². The van der Waals surface area contributed by atoms with E-state index in [4.69, 9.17) is 16.3 Å². The summed E-state index contributed by atoms with van der Waals surface area (Å²) in [4.78, 5) is 25.9. The van der Waals surface area contributed by atoms with Crippen LogP contribution in [0.1, 0.15) is 28.9 Å². The van der Waals surface area contributed by atoms with E-state index in [2.05, 4.69) is 5.32 Å². The first-order valence-electron chi connectivity index (χ1n) is 8.46. The minimum atomic E-state index is -0.715. The maximum Gasteiger partial charge on any atom is 0.268 e. The summed E-state index contributed by atoms with van der Waals surface area (Å²) in [5, 5.41) is 14.2. The molecule has 27 heavy (non-hydrogen) atoms. The Bertz CT molecular complexity index is 1150. The van der Waals surface area contributed by atoms with E-state index in [1.54, 1.807) is 22.8 Å². The number of carbonyl (C=O) groups excluding carboxylic acids is 1. The molecule has 1 amide bonds. The Balaban J connectivity index is 1.88. The second-order valence-corrected chi connectivity index (χ2v) is 7.00. The maximum atomic E-state index is 13.0. The Labute approximate surface area is 160 Å². The summed E-state index contributed by atoms with van der Waals surface area (Å²) in [5.74, 6) is -0.637. The van der Waals surface area contributed by atoms with Crippen molar-refractivity contribution >= 4 is 34.1 Å². The Hall–Kier alpha value is -2.99. The van der Waals surface area contributed by atoms with E-state index in [1.165, 1.54) is 13.2 Å². The number of halogens is 1. The highest BCUT2D eigenvalue weighted by Crippen LogP contribution is 2.36. The van der Waals surface area contributed by atoms with Crippen LogP contribution in [-0.4, -0.2) is 22.7 Å². The SMILES string of the molecule is COc1ccc(Cl)cc1NC(=O)c1c(O)c2cccc3c2n(c1=O)C(C)C3. The van der Waals surface area contributed by atoms with Gasteiger partial charge in [-0.2, -0.15) is 0 Å². The lowest BCUT2D eigenvalue weighted by atomic mass is 10.1. The number of rotatable bonds is 3. The van der Waals surface area contributed by atoms with E-state index in [9.17, 15) is 14.7 Å². The van der Waals surface area contributed by atoms with Crippen molar-refractivity contribution in [2.45, 2.75) is 19.4 Å². The van der Waals surface area contributed by atoms with E-state index in [1.807, 2.05) is 19.1 Å². The Kier molecular flexibility index (Phi) is 4.08. The molecule has 2 heterocycles. The average Bonchev–Trinajstić information content (AvgIpc) is 2.97. The van der Waals surface area contributed by atoms with Crippen molar-refractivity contribution in [1.82, 2.24) is 4.57 Å². The summed E-state index contributed by atoms with van der Waals surface area (Å²) in [6.07, 6.45) is 0.680. The first-order chi connectivity index (χ1) is 12.9. The van der Waals surface area contributed by atoms with Crippen LogP contribution in [0.5, 0.6) is 11.5 Å². The lowest BCUT2D eigenvalue weighted by Gasteiger charge is -2.15. The summed E-state index contributed by atoms with van der Waals surface area (Å²) in [6, 6.07) is 10.1. The monoisotopic (exact) mass is 384 g/mol. The van der Waals surface area contributed by atoms with Gasteiger partial charge < -0.3 is 19.7 Å². The van der Waals surface area contributed by atoms with Crippen LogP contribution < -0.4 is 15.6 Å². The largest absolute Gasteiger partial charge is 0.506 e.